The fourth-order valence-corrected chi connectivity index (χ4v) is 6.45. The van der Waals surface area contributed by atoms with E-state index in [-0.39, 0.29) is 12.5 Å². The Morgan fingerprint density at radius 2 is 1.71 bits per heavy atom. The van der Waals surface area contributed by atoms with Crippen LogP contribution in [0, 0.1) is 0 Å². The molecule has 0 saturated carbocycles. The van der Waals surface area contributed by atoms with Crippen molar-refractivity contribution in [2.75, 3.05) is 19.4 Å². The minimum atomic E-state index is -0.850. The van der Waals surface area contributed by atoms with Gasteiger partial charge in [0.25, 0.3) is 0 Å². The number of methoxy groups -OCH3 is 1. The maximum Gasteiger partial charge on any atom is 0.408 e. The van der Waals surface area contributed by atoms with E-state index < -0.39 is 34.5 Å². The standard InChI is InChI=1S/C34H44N2O5S/c1-7-9-10-14-17-28(35-32(39)41-33(3,4)5)30(37)36-24-34(42-22-8-2,23-29(36)31(38)40-6)27-20-18-26(19-21-27)25-15-12-11-13-16-25/h7-8,11-13,15-16,18-21,28-29H,1-2,9-10,14,17,22-24H2,3-6H3,(H,35,39)/t28-,29-,34-/m0/s1. The van der Waals surface area contributed by atoms with Crippen LogP contribution in [0.25, 0.3) is 11.1 Å². The smallest absolute Gasteiger partial charge is 0.408 e. The number of likely N-dealkylation sites (tertiary alicyclic amines) is 1. The molecule has 1 aliphatic rings. The first-order valence-electron chi connectivity index (χ1n) is 14.4. The fraction of sp³-hybridized carbons (Fsp3) is 0.441. The number of hydrogen-bond acceptors (Lipinski definition) is 6. The lowest BCUT2D eigenvalue weighted by Gasteiger charge is -2.31. The van der Waals surface area contributed by atoms with E-state index in [0.717, 1.165) is 29.5 Å². The van der Waals surface area contributed by atoms with Crippen molar-refractivity contribution < 1.29 is 23.9 Å². The number of ether oxygens (including phenoxy) is 2. The summed E-state index contributed by atoms with van der Waals surface area (Å²) in [6.45, 7) is 13.3. The van der Waals surface area contributed by atoms with Gasteiger partial charge in [-0.3, -0.25) is 4.79 Å². The fourth-order valence-electron chi connectivity index (χ4n) is 5.21. The van der Waals surface area contributed by atoms with Crippen molar-refractivity contribution in [1.82, 2.24) is 10.2 Å². The number of thioether (sulfide) groups is 1. The minimum absolute atomic E-state index is 0.286. The Bertz CT molecular complexity index is 1220. The Balaban J connectivity index is 1.95. The largest absolute Gasteiger partial charge is 0.467 e. The predicted octanol–water partition coefficient (Wildman–Crippen LogP) is 6.88. The van der Waals surface area contributed by atoms with Crippen LogP contribution in [0.4, 0.5) is 4.79 Å². The van der Waals surface area contributed by atoms with Gasteiger partial charge in [0.05, 0.1) is 11.9 Å². The van der Waals surface area contributed by atoms with Crippen molar-refractivity contribution in [3.8, 4) is 11.1 Å². The van der Waals surface area contributed by atoms with Crippen molar-refractivity contribution in [1.29, 1.82) is 0 Å². The Morgan fingerprint density at radius 1 is 1.05 bits per heavy atom. The number of rotatable bonds is 13. The summed E-state index contributed by atoms with van der Waals surface area (Å²) >= 11 is 1.65. The molecular weight excluding hydrogens is 548 g/mol. The molecule has 0 aliphatic carbocycles. The highest BCUT2D eigenvalue weighted by Gasteiger charge is 2.51. The molecule has 0 aromatic heterocycles. The molecule has 226 valence electrons. The van der Waals surface area contributed by atoms with Crippen LogP contribution in [-0.2, 0) is 23.8 Å². The summed E-state index contributed by atoms with van der Waals surface area (Å²) in [5.74, 6) is -0.165. The molecule has 0 spiro atoms. The van der Waals surface area contributed by atoms with Crippen LogP contribution in [0.15, 0.2) is 79.9 Å². The second-order valence-electron chi connectivity index (χ2n) is 11.5. The highest BCUT2D eigenvalue weighted by atomic mass is 32.2. The van der Waals surface area contributed by atoms with Gasteiger partial charge in [-0.15, -0.1) is 24.9 Å². The number of amides is 2. The molecule has 1 saturated heterocycles. The maximum absolute atomic E-state index is 14.2. The Hall–Kier alpha value is -3.52. The SMILES string of the molecule is C=CCCCC[C@H](NC(=O)OC(C)(C)C)C(=O)N1C[C@](SCC=C)(c2ccc(-c3ccccc3)cc2)C[C@H]1C(=O)OC. The van der Waals surface area contributed by atoms with E-state index in [0.29, 0.717) is 25.0 Å². The molecule has 3 atom stereocenters. The Labute approximate surface area is 254 Å². The molecule has 0 unspecified atom stereocenters. The molecule has 3 rings (SSSR count). The van der Waals surface area contributed by atoms with Crippen molar-refractivity contribution in [2.45, 2.75) is 75.3 Å². The summed E-state index contributed by atoms with van der Waals surface area (Å²) in [4.78, 5) is 41.6. The summed E-state index contributed by atoms with van der Waals surface area (Å²) in [7, 11) is 1.34. The summed E-state index contributed by atoms with van der Waals surface area (Å²) in [6.07, 6.45) is 6.13. The number of esters is 1. The maximum atomic E-state index is 14.2. The normalized spacial score (nSPS) is 19.0. The van der Waals surface area contributed by atoms with Gasteiger partial charge in [-0.05, 0) is 63.1 Å². The molecule has 7 nitrogen and oxygen atoms in total. The molecule has 1 heterocycles. The summed E-state index contributed by atoms with van der Waals surface area (Å²) in [5.41, 5.74) is 2.49. The molecule has 8 heteroatoms. The number of nitrogens with one attached hydrogen (secondary N) is 1. The van der Waals surface area contributed by atoms with Crippen molar-refractivity contribution in [3.63, 3.8) is 0 Å². The van der Waals surface area contributed by atoms with Crippen molar-refractivity contribution in [2.24, 2.45) is 0 Å². The molecule has 0 radical (unpaired) electrons. The van der Waals surface area contributed by atoms with Gasteiger partial charge in [-0.2, -0.15) is 0 Å². The number of hydrogen-bond donors (Lipinski definition) is 1. The van der Waals surface area contributed by atoms with Gasteiger partial charge in [0.15, 0.2) is 0 Å². The average molecular weight is 593 g/mol. The number of benzene rings is 2. The van der Waals surface area contributed by atoms with E-state index in [1.165, 1.54) is 7.11 Å². The number of allylic oxidation sites excluding steroid dienone is 1. The Kier molecular flexibility index (Phi) is 11.9. The number of carbonyl (C=O) groups is 3. The molecule has 1 N–H and O–H groups in total. The lowest BCUT2D eigenvalue weighted by molar-refractivity contribution is -0.151. The molecule has 2 aromatic rings. The van der Waals surface area contributed by atoms with E-state index in [9.17, 15) is 14.4 Å². The lowest BCUT2D eigenvalue weighted by Crippen LogP contribution is -2.52. The van der Waals surface area contributed by atoms with Gasteiger partial charge in [0, 0.05) is 12.3 Å². The van der Waals surface area contributed by atoms with Gasteiger partial charge in [-0.25, -0.2) is 9.59 Å². The van der Waals surface area contributed by atoms with E-state index in [1.54, 1.807) is 37.4 Å². The molecule has 42 heavy (non-hydrogen) atoms. The van der Waals surface area contributed by atoms with Crippen LogP contribution in [0.5, 0.6) is 0 Å². The van der Waals surface area contributed by atoms with Gasteiger partial charge in [-0.1, -0.05) is 73.2 Å². The quantitative estimate of drug-likeness (QED) is 0.155. The topological polar surface area (TPSA) is 84.9 Å². The van der Waals surface area contributed by atoms with Crippen LogP contribution in [0.1, 0.15) is 58.4 Å². The van der Waals surface area contributed by atoms with Gasteiger partial charge >= 0.3 is 12.1 Å². The van der Waals surface area contributed by atoms with E-state index >= 15 is 0 Å². The van der Waals surface area contributed by atoms with Crippen LogP contribution in [-0.4, -0.2) is 60.0 Å². The van der Waals surface area contributed by atoms with E-state index in [2.05, 4.69) is 54.9 Å². The zero-order valence-corrected chi connectivity index (χ0v) is 26.1. The van der Waals surface area contributed by atoms with Crippen LogP contribution in [0.2, 0.25) is 0 Å². The minimum Gasteiger partial charge on any atom is -0.467 e. The number of unbranched alkanes of at least 4 members (excludes halogenated alkanes) is 2. The first-order chi connectivity index (χ1) is 20.0. The molecule has 1 aliphatic heterocycles. The number of nitrogens with zero attached hydrogens (tertiary/aromatic N) is 1. The van der Waals surface area contributed by atoms with Crippen LogP contribution >= 0.6 is 11.8 Å². The third-order valence-electron chi connectivity index (χ3n) is 7.22. The van der Waals surface area contributed by atoms with Crippen LogP contribution < -0.4 is 5.32 Å². The van der Waals surface area contributed by atoms with Gasteiger partial charge in [0.2, 0.25) is 5.91 Å². The zero-order valence-electron chi connectivity index (χ0n) is 25.3. The molecule has 0 bridgehead atoms. The third-order valence-corrected chi connectivity index (χ3v) is 8.70. The summed E-state index contributed by atoms with van der Waals surface area (Å²) < 4.78 is 10.1. The molecular formula is C34H44N2O5S. The molecule has 2 aromatic carbocycles. The van der Waals surface area contributed by atoms with Crippen molar-refractivity contribution >= 4 is 29.7 Å². The lowest BCUT2D eigenvalue weighted by atomic mass is 9.93. The first kappa shape index (κ1) is 33.0. The van der Waals surface area contributed by atoms with E-state index in [4.69, 9.17) is 9.47 Å². The second-order valence-corrected chi connectivity index (χ2v) is 12.9. The van der Waals surface area contributed by atoms with Crippen LogP contribution in [0.3, 0.4) is 0 Å². The summed E-state index contributed by atoms with van der Waals surface area (Å²) in [5, 5.41) is 2.79. The van der Waals surface area contributed by atoms with Crippen molar-refractivity contribution in [3.05, 3.63) is 85.5 Å². The number of alkyl carbamates (subject to hydrolysis) is 1. The zero-order chi connectivity index (χ0) is 30.8. The monoisotopic (exact) mass is 592 g/mol. The van der Waals surface area contributed by atoms with Gasteiger partial charge < -0.3 is 19.7 Å². The highest BCUT2D eigenvalue weighted by molar-refractivity contribution is 8.00. The average Bonchev–Trinajstić information content (AvgIpc) is 3.37. The Morgan fingerprint density at radius 3 is 2.31 bits per heavy atom. The second kappa shape index (κ2) is 15.1. The molecule has 1 fully saturated rings. The third kappa shape index (κ3) is 8.74. The highest BCUT2D eigenvalue weighted by Crippen LogP contribution is 2.48. The molecule has 2 amide bonds. The number of carbonyl (C=O) groups excluding carboxylic acids is 3. The first-order valence-corrected chi connectivity index (χ1v) is 15.4. The predicted molar refractivity (Wildman–Crippen MR) is 170 cm³/mol. The van der Waals surface area contributed by atoms with Gasteiger partial charge in [0.1, 0.15) is 17.7 Å². The summed E-state index contributed by atoms with van der Waals surface area (Å²) in [6, 6.07) is 16.8. The van der Waals surface area contributed by atoms with E-state index in [1.807, 2.05) is 30.4 Å².